The molecule has 0 fully saturated rings. The maximum atomic E-state index is 12.3. The third-order valence-electron chi connectivity index (χ3n) is 5.23. The van der Waals surface area contributed by atoms with Crippen LogP contribution in [0.1, 0.15) is 49.7 Å². The molecule has 0 aliphatic heterocycles. The fourth-order valence-electron chi connectivity index (χ4n) is 3.37. The zero-order valence-electron chi connectivity index (χ0n) is 18.4. The molecule has 2 heterocycles. The molecule has 0 aliphatic carbocycles. The summed E-state index contributed by atoms with van der Waals surface area (Å²) in [5.41, 5.74) is 3.63. The molecule has 0 bridgehead atoms. The number of hydrogen-bond acceptors (Lipinski definition) is 5. The Morgan fingerprint density at radius 1 is 1.13 bits per heavy atom. The molecular formula is C23H32N6O. The number of nitrogens with one attached hydrogen (secondary N) is 2. The first-order chi connectivity index (χ1) is 14.5. The number of nitrogens with zero attached hydrogens (tertiary/aromatic N) is 4. The maximum Gasteiger partial charge on any atom is 0.251 e. The minimum atomic E-state index is -0.0366. The number of aromatic nitrogens is 3. The highest BCUT2D eigenvalue weighted by Crippen LogP contribution is 2.18. The molecule has 1 amide bonds. The maximum absolute atomic E-state index is 12.3. The summed E-state index contributed by atoms with van der Waals surface area (Å²) in [7, 11) is 0. The van der Waals surface area contributed by atoms with E-state index in [1.165, 1.54) is 0 Å². The fraction of sp³-hybridized carbons (Fsp3) is 0.435. The molecule has 3 aromatic rings. The van der Waals surface area contributed by atoms with Crippen LogP contribution in [0, 0.1) is 0 Å². The minimum Gasteiger partial charge on any atom is -0.381 e. The Bertz CT molecular complexity index is 959. The van der Waals surface area contributed by atoms with Gasteiger partial charge in [0.15, 0.2) is 5.65 Å². The number of hydrogen-bond donors (Lipinski definition) is 2. The van der Waals surface area contributed by atoms with Gasteiger partial charge in [-0.3, -0.25) is 4.79 Å². The number of rotatable bonds is 10. The Labute approximate surface area is 178 Å². The Kier molecular flexibility index (Phi) is 7.41. The zero-order valence-corrected chi connectivity index (χ0v) is 18.4. The number of likely N-dealkylation sites (N-methyl/N-ethyl adjacent to an activating group) is 1. The van der Waals surface area contributed by atoms with Gasteiger partial charge in [-0.25, -0.2) is 9.67 Å². The van der Waals surface area contributed by atoms with Gasteiger partial charge < -0.3 is 15.5 Å². The van der Waals surface area contributed by atoms with Crippen LogP contribution in [0.15, 0.2) is 42.7 Å². The molecule has 0 aliphatic rings. The van der Waals surface area contributed by atoms with Crippen LogP contribution in [-0.4, -0.2) is 51.8 Å². The molecule has 0 spiro atoms. The van der Waals surface area contributed by atoms with Crippen LogP contribution in [0.4, 0.5) is 5.69 Å². The van der Waals surface area contributed by atoms with Crippen LogP contribution < -0.4 is 10.6 Å². The normalized spacial score (nSPS) is 11.4. The van der Waals surface area contributed by atoms with Crippen molar-refractivity contribution in [1.82, 2.24) is 25.0 Å². The summed E-state index contributed by atoms with van der Waals surface area (Å²) in [4.78, 5) is 19.2. The van der Waals surface area contributed by atoms with Crippen molar-refractivity contribution < 1.29 is 4.79 Å². The zero-order chi connectivity index (χ0) is 21.5. The minimum absolute atomic E-state index is 0.0366. The topological polar surface area (TPSA) is 75.1 Å². The van der Waals surface area contributed by atoms with E-state index in [2.05, 4.69) is 59.4 Å². The van der Waals surface area contributed by atoms with E-state index in [0.29, 0.717) is 18.7 Å². The molecule has 30 heavy (non-hydrogen) atoms. The second kappa shape index (κ2) is 10.2. The number of fused-ring (bicyclic) bond motifs is 1. The molecule has 0 unspecified atom stereocenters. The number of carbonyl (C=O) groups excluding carboxylic acids is 1. The van der Waals surface area contributed by atoms with Crippen LogP contribution >= 0.6 is 0 Å². The molecular weight excluding hydrogens is 376 g/mol. The molecule has 160 valence electrons. The lowest BCUT2D eigenvalue weighted by Gasteiger charge is -2.18. The summed E-state index contributed by atoms with van der Waals surface area (Å²) in [5.74, 6) is -0.0366. The van der Waals surface area contributed by atoms with Crippen LogP contribution in [-0.2, 0) is 6.54 Å². The van der Waals surface area contributed by atoms with Crippen LogP contribution in [0.5, 0.6) is 0 Å². The van der Waals surface area contributed by atoms with Gasteiger partial charge in [0.25, 0.3) is 5.91 Å². The van der Waals surface area contributed by atoms with Crippen molar-refractivity contribution in [3.8, 4) is 0 Å². The summed E-state index contributed by atoms with van der Waals surface area (Å²) >= 11 is 0. The number of anilines is 1. The largest absolute Gasteiger partial charge is 0.381 e. The number of amides is 1. The first-order valence-corrected chi connectivity index (χ1v) is 10.7. The number of carbonyl (C=O) groups is 1. The number of pyridine rings is 1. The van der Waals surface area contributed by atoms with Gasteiger partial charge in [-0.05, 0) is 62.8 Å². The average molecular weight is 409 g/mol. The lowest BCUT2D eigenvalue weighted by atomic mass is 10.2. The van der Waals surface area contributed by atoms with E-state index < -0.39 is 0 Å². The summed E-state index contributed by atoms with van der Waals surface area (Å²) < 4.78 is 1.93. The molecule has 0 atom stereocenters. The van der Waals surface area contributed by atoms with Crippen molar-refractivity contribution in [1.29, 1.82) is 0 Å². The van der Waals surface area contributed by atoms with E-state index >= 15 is 0 Å². The lowest BCUT2D eigenvalue weighted by Crippen LogP contribution is -2.34. The Morgan fingerprint density at radius 3 is 2.53 bits per heavy atom. The second-order valence-corrected chi connectivity index (χ2v) is 7.65. The molecule has 7 heteroatoms. The van der Waals surface area contributed by atoms with Crippen molar-refractivity contribution in [3.63, 3.8) is 0 Å². The first-order valence-electron chi connectivity index (χ1n) is 10.7. The molecule has 0 radical (unpaired) electrons. The van der Waals surface area contributed by atoms with Gasteiger partial charge in [-0.1, -0.05) is 13.8 Å². The van der Waals surface area contributed by atoms with Crippen molar-refractivity contribution in [2.24, 2.45) is 0 Å². The Morgan fingerprint density at radius 2 is 1.87 bits per heavy atom. The quantitative estimate of drug-likeness (QED) is 0.535. The lowest BCUT2D eigenvalue weighted by molar-refractivity contribution is 0.0949. The average Bonchev–Trinajstić information content (AvgIpc) is 3.19. The Balaban J connectivity index is 1.53. The van der Waals surface area contributed by atoms with E-state index in [0.717, 1.165) is 41.9 Å². The van der Waals surface area contributed by atoms with E-state index in [9.17, 15) is 4.79 Å². The molecule has 2 N–H and O–H groups in total. The van der Waals surface area contributed by atoms with E-state index in [1.54, 1.807) is 0 Å². The second-order valence-electron chi connectivity index (χ2n) is 7.65. The third kappa shape index (κ3) is 5.36. The van der Waals surface area contributed by atoms with Gasteiger partial charge in [0.05, 0.1) is 6.20 Å². The highest BCUT2D eigenvalue weighted by molar-refractivity contribution is 5.94. The summed E-state index contributed by atoms with van der Waals surface area (Å²) in [6, 6.07) is 9.96. The van der Waals surface area contributed by atoms with Crippen molar-refractivity contribution in [2.45, 2.75) is 40.3 Å². The van der Waals surface area contributed by atoms with E-state index in [1.807, 2.05) is 41.3 Å². The molecule has 0 saturated heterocycles. The van der Waals surface area contributed by atoms with E-state index in [4.69, 9.17) is 0 Å². The molecule has 0 saturated carbocycles. The SMILES string of the molecule is CCN(CC)CCNC(=O)c1ccc(NCc2cnc3c(cnn3C(C)C)c2)cc1. The summed E-state index contributed by atoms with van der Waals surface area (Å²) in [6.07, 6.45) is 3.74. The highest BCUT2D eigenvalue weighted by Gasteiger charge is 2.09. The van der Waals surface area contributed by atoms with Crippen molar-refractivity contribution in [2.75, 3.05) is 31.5 Å². The monoisotopic (exact) mass is 408 g/mol. The van der Waals surface area contributed by atoms with Crippen LogP contribution in [0.2, 0.25) is 0 Å². The summed E-state index contributed by atoms with van der Waals surface area (Å²) in [6.45, 7) is 12.6. The van der Waals surface area contributed by atoms with Gasteiger partial charge in [-0.2, -0.15) is 5.10 Å². The van der Waals surface area contributed by atoms with Crippen molar-refractivity contribution in [3.05, 3.63) is 53.9 Å². The molecule has 3 rings (SSSR count). The fourth-order valence-corrected chi connectivity index (χ4v) is 3.37. The van der Waals surface area contributed by atoms with Gasteiger partial charge in [0.1, 0.15) is 0 Å². The third-order valence-corrected chi connectivity index (χ3v) is 5.23. The smallest absolute Gasteiger partial charge is 0.251 e. The van der Waals surface area contributed by atoms with Gasteiger partial charge in [-0.15, -0.1) is 0 Å². The van der Waals surface area contributed by atoms with Gasteiger partial charge in [0, 0.05) is 48.5 Å². The highest BCUT2D eigenvalue weighted by atomic mass is 16.1. The predicted molar refractivity (Wildman–Crippen MR) is 122 cm³/mol. The van der Waals surface area contributed by atoms with E-state index in [-0.39, 0.29) is 11.9 Å². The molecule has 2 aromatic heterocycles. The first kappa shape index (κ1) is 21.8. The predicted octanol–water partition coefficient (Wildman–Crippen LogP) is 3.70. The van der Waals surface area contributed by atoms with Crippen molar-refractivity contribution >= 4 is 22.6 Å². The molecule has 7 nitrogen and oxygen atoms in total. The standard InChI is InChI=1S/C23H32N6O/c1-5-28(6-2)12-11-24-23(30)19-7-9-21(10-8-19)25-14-18-13-20-16-27-29(17(3)4)22(20)26-15-18/h7-10,13,15-17,25H,5-6,11-12,14H2,1-4H3,(H,24,30). The van der Waals surface area contributed by atoms with Crippen LogP contribution in [0.3, 0.4) is 0 Å². The van der Waals surface area contributed by atoms with Crippen LogP contribution in [0.25, 0.3) is 11.0 Å². The Hall–Kier alpha value is -2.93. The molecule has 1 aromatic carbocycles. The number of benzene rings is 1. The van der Waals surface area contributed by atoms with Gasteiger partial charge in [0.2, 0.25) is 0 Å². The van der Waals surface area contributed by atoms with Gasteiger partial charge >= 0.3 is 0 Å². The summed E-state index contributed by atoms with van der Waals surface area (Å²) in [5, 5.41) is 11.8.